The number of carboxylic acids is 2. The minimum atomic E-state index is -3.16. The summed E-state index contributed by atoms with van der Waals surface area (Å²) in [5.74, 6) is -5.85. The van der Waals surface area contributed by atoms with Gasteiger partial charge in [-0.25, -0.2) is 8.78 Å². The number of hydrogen-bond donors (Lipinski definition) is 7. The van der Waals surface area contributed by atoms with Crippen molar-refractivity contribution >= 4 is 58.6 Å². The average Bonchev–Trinajstić information content (AvgIpc) is 3.50. The Kier molecular flexibility index (Phi) is 29.6. The largest absolute Gasteiger partial charge is 0.508 e. The Bertz CT molecular complexity index is 2840. The Morgan fingerprint density at radius 3 is 2.11 bits per heavy atom. The molecular weight excluding hydrogens is 1150 g/mol. The Labute approximate surface area is 519 Å². The smallest absolute Gasteiger partial charge is 0.317 e. The first kappa shape index (κ1) is 70.4. The van der Waals surface area contributed by atoms with Gasteiger partial charge in [0, 0.05) is 122 Å². The molecule has 2 aromatic carbocycles. The number of carbonyl (C=O) groups excluding carboxylic acids is 5. The van der Waals surface area contributed by atoms with Crippen LogP contribution in [0.15, 0.2) is 59.8 Å². The molecule has 27 heteroatoms. The molecule has 3 aliphatic heterocycles. The molecule has 3 aromatic rings. The summed E-state index contributed by atoms with van der Waals surface area (Å²) < 4.78 is 33.8. The van der Waals surface area contributed by atoms with E-state index in [2.05, 4.69) is 41.3 Å². The number of carbonyl (C=O) groups is 7. The second kappa shape index (κ2) is 37.4. The van der Waals surface area contributed by atoms with E-state index in [1.54, 1.807) is 47.5 Å². The molecule has 1 unspecified atom stereocenters. The number of nitrogens with zero attached hydrogens (tertiary/aromatic N) is 10. The lowest BCUT2D eigenvalue weighted by Crippen LogP contribution is -2.51. The van der Waals surface area contributed by atoms with Crippen molar-refractivity contribution < 1.29 is 62.4 Å². The van der Waals surface area contributed by atoms with Crippen molar-refractivity contribution in [1.29, 1.82) is 5.26 Å². The predicted octanol–water partition coefficient (Wildman–Crippen LogP) is 3.03. The molecule has 3 saturated heterocycles. The maximum absolute atomic E-state index is 13.9. The van der Waals surface area contributed by atoms with Crippen molar-refractivity contribution in [2.75, 3.05) is 138 Å². The minimum absolute atomic E-state index is 0.0404. The zero-order valence-corrected chi connectivity index (χ0v) is 51.3. The molecule has 7 N–H and O–H groups in total. The van der Waals surface area contributed by atoms with E-state index in [9.17, 15) is 62.9 Å². The van der Waals surface area contributed by atoms with Crippen LogP contribution in [0, 0.1) is 11.3 Å². The van der Waals surface area contributed by atoms with Gasteiger partial charge in [0.1, 0.15) is 23.7 Å². The van der Waals surface area contributed by atoms with Crippen molar-refractivity contribution in [3.05, 3.63) is 65.9 Å². The second-order valence-corrected chi connectivity index (χ2v) is 23.2. The van der Waals surface area contributed by atoms with E-state index in [0.29, 0.717) is 140 Å². The third-order valence-electron chi connectivity index (χ3n) is 16.0. The summed E-state index contributed by atoms with van der Waals surface area (Å²) in [6.45, 7) is 6.71. The summed E-state index contributed by atoms with van der Waals surface area (Å²) in [5, 5.41) is 51.4. The lowest BCUT2D eigenvalue weighted by Gasteiger charge is -2.34. The number of aryl methyl sites for hydroxylation is 1. The number of aromatic nitrogens is 1. The molecule has 89 heavy (non-hydrogen) atoms. The van der Waals surface area contributed by atoms with Crippen LogP contribution in [0.25, 0.3) is 10.9 Å². The van der Waals surface area contributed by atoms with Crippen molar-refractivity contribution in [2.24, 2.45) is 5.10 Å². The van der Waals surface area contributed by atoms with Gasteiger partial charge in [-0.1, -0.05) is 18.6 Å². The number of hydrazone groups is 1. The minimum Gasteiger partial charge on any atom is -0.508 e. The van der Waals surface area contributed by atoms with Crippen molar-refractivity contribution in [3.63, 3.8) is 0 Å². The first-order chi connectivity index (χ1) is 42.8. The highest BCUT2D eigenvalue weighted by Crippen LogP contribution is 2.32. The SMILES string of the molecule is CN1CCN(CC(=O)O)CCN(CC(=O)O)CCN(CC(=O)NC(CCCCNC(=O)CCCc2ccc(O)cc2)N/N=C/CCCCCC(=O)N2CCN(CCCCOc3ccc4nccc(C(=O)NCC(=O)N5CC(F)(F)C[C@@H]5C#N)c4c3)CC2)CC1. The summed E-state index contributed by atoms with van der Waals surface area (Å²) in [7, 11) is 1.95. The molecule has 0 spiro atoms. The number of carboxylic acid groups (broad SMARTS) is 2. The predicted molar refractivity (Wildman–Crippen MR) is 329 cm³/mol. The first-order valence-electron chi connectivity index (χ1n) is 31.1. The van der Waals surface area contributed by atoms with E-state index in [1.165, 1.54) is 12.3 Å². The third kappa shape index (κ3) is 26.2. The van der Waals surface area contributed by atoms with Crippen molar-refractivity contribution in [3.8, 4) is 17.6 Å². The van der Waals surface area contributed by atoms with Gasteiger partial charge in [-0.05, 0) is 120 Å². The maximum atomic E-state index is 13.9. The number of ether oxygens (including phenoxy) is 1. The molecular formula is C62H90F2N14O11. The number of alkyl halides is 2. The van der Waals surface area contributed by atoms with Crippen LogP contribution in [0.3, 0.4) is 0 Å². The van der Waals surface area contributed by atoms with Gasteiger partial charge in [-0.15, -0.1) is 0 Å². The molecule has 1 aromatic heterocycles. The molecule has 3 aliphatic rings. The van der Waals surface area contributed by atoms with E-state index in [1.807, 2.05) is 33.9 Å². The van der Waals surface area contributed by atoms with Gasteiger partial charge in [0.15, 0.2) is 0 Å². The van der Waals surface area contributed by atoms with Crippen molar-refractivity contribution in [1.82, 2.24) is 60.7 Å². The number of fused-ring (bicyclic) bond motifs is 1. The Hall–Kier alpha value is -7.64. The number of likely N-dealkylation sites (tertiary alicyclic amines) is 1. The van der Waals surface area contributed by atoms with Gasteiger partial charge in [-0.2, -0.15) is 10.4 Å². The molecule has 2 atom stereocenters. The lowest BCUT2D eigenvalue weighted by atomic mass is 10.1. The molecule has 0 aliphatic carbocycles. The highest BCUT2D eigenvalue weighted by atomic mass is 19.3. The van der Waals surface area contributed by atoms with Gasteiger partial charge in [0.25, 0.3) is 11.8 Å². The van der Waals surface area contributed by atoms with Crippen molar-refractivity contribution in [2.45, 2.75) is 108 Å². The summed E-state index contributed by atoms with van der Waals surface area (Å²) in [4.78, 5) is 106. The lowest BCUT2D eigenvalue weighted by molar-refractivity contribution is -0.140. The molecule has 6 rings (SSSR count). The molecule has 488 valence electrons. The zero-order valence-electron chi connectivity index (χ0n) is 51.3. The summed E-state index contributed by atoms with van der Waals surface area (Å²) in [5.41, 5.74) is 4.94. The van der Waals surface area contributed by atoms with Crippen LogP contribution in [-0.4, -0.2) is 258 Å². The number of halogens is 2. The van der Waals surface area contributed by atoms with Crippen LogP contribution in [0.2, 0.25) is 0 Å². The van der Waals surface area contributed by atoms with E-state index in [-0.39, 0.29) is 48.7 Å². The second-order valence-electron chi connectivity index (χ2n) is 23.2. The Balaban J connectivity index is 0.873. The fraction of sp³-hybridized carbons (Fsp3) is 0.613. The normalized spacial score (nSPS) is 17.9. The van der Waals surface area contributed by atoms with Crippen LogP contribution in [0.4, 0.5) is 8.78 Å². The number of pyridine rings is 1. The molecule has 5 amide bonds. The number of phenolic OH excluding ortho intramolecular Hbond substituents is 1. The number of piperazine rings is 1. The average molecular weight is 1250 g/mol. The Morgan fingerprint density at radius 2 is 1.43 bits per heavy atom. The van der Waals surface area contributed by atoms with Gasteiger partial charge < -0.3 is 50.7 Å². The summed E-state index contributed by atoms with van der Waals surface area (Å²) in [6, 6.07) is 14.1. The fourth-order valence-corrected chi connectivity index (χ4v) is 10.9. The molecule has 4 heterocycles. The van der Waals surface area contributed by atoms with Crippen LogP contribution in [-0.2, 0) is 35.2 Å². The number of benzene rings is 2. The zero-order chi connectivity index (χ0) is 64.0. The number of nitrogens with one attached hydrogen (secondary N) is 4. The number of aromatic hydroxyl groups is 1. The number of nitriles is 1. The van der Waals surface area contributed by atoms with Crippen LogP contribution >= 0.6 is 0 Å². The van der Waals surface area contributed by atoms with Crippen LogP contribution in [0.1, 0.15) is 99.4 Å². The quantitative estimate of drug-likeness (QED) is 0.0200. The Morgan fingerprint density at radius 1 is 0.753 bits per heavy atom. The van der Waals surface area contributed by atoms with Crippen LogP contribution < -0.4 is 26.1 Å². The first-order valence-corrected chi connectivity index (χ1v) is 31.1. The van der Waals surface area contributed by atoms with E-state index in [0.717, 1.165) is 68.6 Å². The molecule has 0 radical (unpaired) electrons. The number of hydrogen-bond acceptors (Lipinski definition) is 18. The number of likely N-dealkylation sites (N-methyl/N-ethyl adjacent to an activating group) is 1. The number of amides is 5. The van der Waals surface area contributed by atoms with E-state index < -0.39 is 61.4 Å². The molecule has 0 saturated carbocycles. The highest BCUT2D eigenvalue weighted by Gasteiger charge is 2.47. The van der Waals surface area contributed by atoms with E-state index in [4.69, 9.17) is 4.74 Å². The number of aliphatic carboxylic acids is 2. The molecule has 25 nitrogen and oxygen atoms in total. The third-order valence-corrected chi connectivity index (χ3v) is 16.0. The summed E-state index contributed by atoms with van der Waals surface area (Å²) in [6.07, 6.45) is 10.8. The maximum Gasteiger partial charge on any atom is 0.317 e. The molecule has 0 bridgehead atoms. The standard InChI is InChI=1S/C62H90F2N14O11/c1-72-26-28-74(30-31-76(45-60(86)87)33-32-75(29-27-72)44-59(84)85)43-56(81)70-54(12-5-7-22-67-55(80)13-10-11-47-15-17-49(79)18-16-47)71-69-23-6-3-2-4-14-57(82)77-36-34-73(35-37-77)25-8-9-38-89-50-19-20-53-52(39-50)51(21-24-66-53)61(88)68-42-58(83)78-46-62(63,64)40-48(78)41-65/h15-21,23-24,39,48,54,71,79H,2-14,22,25-38,40,42-46H2,1H3,(H,67,80)(H,68,88)(H,70,81)(H,84,85)(H,86,87)/b69-23+/t48-,54?/m1/s1. The van der Waals surface area contributed by atoms with Crippen LogP contribution in [0.5, 0.6) is 11.5 Å². The number of unbranched alkanes of at least 4 members (excludes halogenated alkanes) is 5. The highest BCUT2D eigenvalue weighted by molar-refractivity contribution is 6.07. The van der Waals surface area contributed by atoms with Gasteiger partial charge in [-0.3, -0.25) is 63.6 Å². The van der Waals surface area contributed by atoms with Gasteiger partial charge >= 0.3 is 11.9 Å². The molecule has 3 fully saturated rings. The number of rotatable bonds is 33. The topological polar surface area (TPSA) is 309 Å². The van der Waals surface area contributed by atoms with Gasteiger partial charge in [0.2, 0.25) is 23.6 Å². The van der Waals surface area contributed by atoms with E-state index >= 15 is 0 Å². The number of phenols is 1. The monoisotopic (exact) mass is 1240 g/mol. The van der Waals surface area contributed by atoms with Gasteiger partial charge in [0.05, 0.1) is 56.5 Å². The fourth-order valence-electron chi connectivity index (χ4n) is 10.9. The summed E-state index contributed by atoms with van der Waals surface area (Å²) >= 11 is 0.